The van der Waals surface area contributed by atoms with Crippen LogP contribution >= 0.6 is 0 Å². The Labute approximate surface area is 367 Å². The highest BCUT2D eigenvalue weighted by molar-refractivity contribution is 6.84. The second-order valence-electron chi connectivity index (χ2n) is 22.0. The molecule has 19 rings (SSSR count). The summed E-state index contributed by atoms with van der Waals surface area (Å²) < 4.78 is 7.42. The molecule has 11 aliphatic rings. The first-order chi connectivity index (χ1) is 31.1. The zero-order chi connectivity index (χ0) is 40.6. The third-order valence-electron chi connectivity index (χ3n) is 19.2. The summed E-state index contributed by atoms with van der Waals surface area (Å²) in [5, 5.41) is 3.79. The van der Waals surface area contributed by atoms with Gasteiger partial charge in [0.2, 0.25) is 0 Å². The van der Waals surface area contributed by atoms with Gasteiger partial charge in [-0.15, -0.1) is 0 Å². The van der Waals surface area contributed by atoms with Crippen molar-refractivity contribution < 1.29 is 0 Å². The van der Waals surface area contributed by atoms with Crippen LogP contribution in [0.25, 0.3) is 44.1 Å². The topological polar surface area (TPSA) is 31.9 Å². The standard InChI is InChI=1S/C58H48BN3O/c63-57-46-29-44-36-23-31-19-32(24-36)26-37(25-31)45(44)30-50(46)61-49-18-16-43-52-48(17-15-41-35-21-33-20-34(22-35)28-38(27-33)51(41)52)60-54(43)53(49)59(62(57)61)56-55(60)42-13-7-8-14-47(42)58(56,39-9-3-1-4-10-39)40-11-5-2-6-12-40/h1-18,29-38H,19-28H2. The van der Waals surface area contributed by atoms with E-state index in [9.17, 15) is 0 Å². The van der Waals surface area contributed by atoms with Crippen molar-refractivity contribution in [3.8, 4) is 5.69 Å². The lowest BCUT2D eigenvalue weighted by molar-refractivity contribution is 0.166. The molecule has 4 nitrogen and oxygen atoms in total. The zero-order valence-corrected chi connectivity index (χ0v) is 35.6. The minimum atomic E-state index is -0.642. The molecular weight excluding hydrogens is 765 g/mol. The van der Waals surface area contributed by atoms with Crippen molar-refractivity contribution in [2.75, 3.05) is 0 Å². The Kier molecular flexibility index (Phi) is 6.04. The van der Waals surface area contributed by atoms with E-state index in [-0.39, 0.29) is 12.4 Å². The van der Waals surface area contributed by atoms with E-state index in [1.165, 1.54) is 136 Å². The molecule has 4 unspecified atom stereocenters. The van der Waals surface area contributed by atoms with E-state index in [1.54, 1.807) is 16.7 Å². The van der Waals surface area contributed by atoms with Gasteiger partial charge >= 0.3 is 6.85 Å². The van der Waals surface area contributed by atoms with E-state index in [1.807, 2.05) is 0 Å². The van der Waals surface area contributed by atoms with E-state index >= 15 is 4.79 Å². The molecule has 63 heavy (non-hydrogen) atoms. The monoisotopic (exact) mass is 813 g/mol. The lowest BCUT2D eigenvalue weighted by Gasteiger charge is -2.38. The van der Waals surface area contributed by atoms with Crippen molar-refractivity contribution >= 4 is 50.7 Å². The molecule has 4 fully saturated rings. The van der Waals surface area contributed by atoms with Crippen LogP contribution in [0.15, 0.2) is 132 Å². The molecule has 0 saturated heterocycles. The maximum absolute atomic E-state index is 16.0. The van der Waals surface area contributed by atoms with E-state index in [2.05, 4.69) is 135 Å². The summed E-state index contributed by atoms with van der Waals surface area (Å²) in [5.41, 5.74) is 19.9. The highest BCUT2D eigenvalue weighted by Gasteiger charge is 2.59. The highest BCUT2D eigenvalue weighted by Crippen LogP contribution is 2.62. The average Bonchev–Trinajstić information content (AvgIpc) is 3.94. The van der Waals surface area contributed by atoms with Gasteiger partial charge in [0, 0.05) is 27.5 Å². The van der Waals surface area contributed by atoms with Crippen LogP contribution in [0.2, 0.25) is 0 Å². The summed E-state index contributed by atoms with van der Waals surface area (Å²) in [5.74, 6) is 5.85. The number of hydrogen-bond acceptors (Lipinski definition) is 1. The quantitative estimate of drug-likeness (QED) is 0.160. The van der Waals surface area contributed by atoms with Gasteiger partial charge in [0.25, 0.3) is 5.56 Å². The van der Waals surface area contributed by atoms with Crippen LogP contribution in [0.5, 0.6) is 0 Å². The van der Waals surface area contributed by atoms with E-state index in [0.717, 1.165) is 34.6 Å². The van der Waals surface area contributed by atoms with Gasteiger partial charge in [0.05, 0.1) is 33.0 Å². The Hall–Kier alpha value is -5.81. The van der Waals surface area contributed by atoms with Crippen molar-refractivity contribution in [2.24, 2.45) is 23.7 Å². The average molecular weight is 814 g/mol. The molecule has 9 aliphatic carbocycles. The minimum Gasteiger partial charge on any atom is -0.310 e. The molecule has 2 aliphatic heterocycles. The number of nitrogens with zero attached hydrogens (tertiary/aromatic N) is 3. The molecule has 2 aromatic heterocycles. The summed E-state index contributed by atoms with van der Waals surface area (Å²) >= 11 is 0. The predicted molar refractivity (Wildman–Crippen MR) is 254 cm³/mol. The smallest absolute Gasteiger partial charge is 0.310 e. The van der Waals surface area contributed by atoms with Gasteiger partial charge in [-0.25, -0.2) is 0 Å². The Morgan fingerprint density at radius 3 is 1.83 bits per heavy atom. The summed E-state index contributed by atoms with van der Waals surface area (Å²) in [6, 6.07) is 46.9. The molecule has 4 heterocycles. The lowest BCUT2D eigenvalue weighted by Crippen LogP contribution is -2.51. The Morgan fingerprint density at radius 2 is 1.14 bits per heavy atom. The van der Waals surface area contributed by atoms with E-state index in [4.69, 9.17) is 0 Å². The molecular formula is C58H48BN3O. The maximum Gasteiger partial charge on any atom is 0.355 e. The maximum atomic E-state index is 16.0. The van der Waals surface area contributed by atoms with Gasteiger partial charge in [-0.2, -0.15) is 0 Å². The molecule has 5 heteroatoms. The van der Waals surface area contributed by atoms with Crippen LogP contribution in [-0.2, 0) is 5.41 Å². The van der Waals surface area contributed by atoms with Gasteiger partial charge in [0.15, 0.2) is 0 Å². The normalized spacial score (nSPS) is 29.0. The van der Waals surface area contributed by atoms with E-state index in [0.29, 0.717) is 23.7 Å². The van der Waals surface area contributed by atoms with Crippen molar-refractivity contribution in [2.45, 2.75) is 93.3 Å². The fourth-order valence-corrected chi connectivity index (χ4v) is 17.5. The molecule has 8 aromatic rings. The number of rotatable bonds is 2. The Balaban J connectivity index is 1.05. The van der Waals surface area contributed by atoms with Crippen LogP contribution < -0.4 is 11.0 Å². The largest absolute Gasteiger partial charge is 0.355 e. The van der Waals surface area contributed by atoms with Crippen molar-refractivity contribution in [3.63, 3.8) is 0 Å². The van der Waals surface area contributed by atoms with Crippen LogP contribution in [0.1, 0.15) is 132 Å². The molecule has 8 bridgehead atoms. The molecule has 0 N–H and O–H groups in total. The van der Waals surface area contributed by atoms with Crippen LogP contribution in [0.3, 0.4) is 0 Å². The molecule has 0 radical (unpaired) electrons. The van der Waals surface area contributed by atoms with Crippen molar-refractivity contribution in [1.29, 1.82) is 0 Å². The van der Waals surface area contributed by atoms with Gasteiger partial charge in [-0.05, 0) is 180 Å². The Bertz CT molecular complexity index is 3450. The van der Waals surface area contributed by atoms with Crippen LogP contribution in [0, 0.1) is 23.7 Å². The highest BCUT2D eigenvalue weighted by atomic mass is 16.1. The first-order valence-electron chi connectivity index (χ1n) is 24.5. The summed E-state index contributed by atoms with van der Waals surface area (Å²) in [6.45, 7) is -0.291. The SMILES string of the molecule is O=c1c2cc3c(cc2n2n1B1C4=C(c5ccccc5C4(c4ccccc4)c4ccccc4)n4c5ccc6c(c5c5ccc-2c1c54)C1CC2CC(CC6C2)C1)C1CC2CC(CC3C2)C1. The number of hydrogen-bond donors (Lipinski definition) is 0. The molecule has 6 aromatic carbocycles. The van der Waals surface area contributed by atoms with Crippen molar-refractivity contribution in [1.82, 2.24) is 13.8 Å². The third-order valence-corrected chi connectivity index (χ3v) is 19.2. The first kappa shape index (κ1) is 33.7. The zero-order valence-electron chi connectivity index (χ0n) is 35.6. The van der Waals surface area contributed by atoms with Crippen LogP contribution in [0.4, 0.5) is 0 Å². The predicted octanol–water partition coefficient (Wildman–Crippen LogP) is 11.9. The fraction of sp³-hybridized carbons (Fsp3) is 0.328. The Morgan fingerprint density at radius 1 is 0.540 bits per heavy atom. The van der Waals surface area contributed by atoms with Gasteiger partial charge in [-0.3, -0.25) is 14.1 Å². The molecule has 4 saturated carbocycles. The number of fused-ring (bicyclic) bond motifs is 12. The second-order valence-corrected chi connectivity index (χ2v) is 22.0. The molecule has 0 amide bonds. The third kappa shape index (κ3) is 3.84. The fourth-order valence-electron chi connectivity index (χ4n) is 17.5. The second kappa shape index (κ2) is 11.3. The first-order valence-corrected chi connectivity index (χ1v) is 24.5. The van der Waals surface area contributed by atoms with E-state index < -0.39 is 5.41 Å². The summed E-state index contributed by atoms with van der Waals surface area (Å²) in [7, 11) is 0. The van der Waals surface area contributed by atoms with Gasteiger partial charge in [-0.1, -0.05) is 97.1 Å². The van der Waals surface area contributed by atoms with Crippen molar-refractivity contribution in [3.05, 3.63) is 182 Å². The summed E-state index contributed by atoms with van der Waals surface area (Å²) in [4.78, 5) is 16.0. The van der Waals surface area contributed by atoms with Gasteiger partial charge < -0.3 is 4.57 Å². The molecule has 4 atom stereocenters. The summed E-state index contributed by atoms with van der Waals surface area (Å²) in [6.07, 6.45) is 13.5. The molecule has 0 spiro atoms. The molecule has 304 valence electrons. The van der Waals surface area contributed by atoms with Crippen LogP contribution in [-0.4, -0.2) is 20.7 Å². The number of allylic oxidation sites excluding steroid dienone is 1. The minimum absolute atomic E-state index is 0.162. The number of benzene rings is 6. The lowest BCUT2D eigenvalue weighted by atomic mass is 9.41. The number of aromatic nitrogens is 3. The van der Waals surface area contributed by atoms with Gasteiger partial charge in [0.1, 0.15) is 0 Å².